The number of benzene rings is 1. The Morgan fingerprint density at radius 2 is 2.23 bits per heavy atom. The van der Waals surface area contributed by atoms with Crippen molar-refractivity contribution in [2.75, 3.05) is 0 Å². The number of hydrogen-bond donors (Lipinski definition) is 1. The van der Waals surface area contributed by atoms with Crippen molar-refractivity contribution in [1.29, 1.82) is 0 Å². The highest BCUT2D eigenvalue weighted by Crippen LogP contribution is 2.32. The maximum absolute atomic E-state index is 12.9. The highest BCUT2D eigenvalue weighted by atomic mass is 16.2. The van der Waals surface area contributed by atoms with Gasteiger partial charge in [-0.05, 0) is 23.6 Å². The predicted molar refractivity (Wildman–Crippen MR) is 86.1 cm³/mol. The van der Waals surface area contributed by atoms with Gasteiger partial charge in [0.1, 0.15) is 11.9 Å². The van der Waals surface area contributed by atoms with E-state index >= 15 is 0 Å². The fourth-order valence-corrected chi connectivity index (χ4v) is 3.14. The minimum Gasteiger partial charge on any atom is -0.355 e. The van der Waals surface area contributed by atoms with Gasteiger partial charge in [0.25, 0.3) is 5.91 Å². The highest BCUT2D eigenvalue weighted by molar-refractivity contribution is 6.06. The Balaban J connectivity index is 1.69. The molecule has 3 aliphatic rings. The van der Waals surface area contributed by atoms with Gasteiger partial charge in [-0.1, -0.05) is 49.4 Å². The smallest absolute Gasteiger partial charge is 0.256 e. The van der Waals surface area contributed by atoms with Crippen molar-refractivity contribution in [1.82, 2.24) is 10.2 Å². The molecule has 1 saturated heterocycles. The van der Waals surface area contributed by atoms with Crippen LogP contribution in [0.1, 0.15) is 24.1 Å². The Hall–Kier alpha value is -2.62. The van der Waals surface area contributed by atoms with Gasteiger partial charge in [-0.15, -0.1) is 0 Å². The van der Waals surface area contributed by atoms with Crippen molar-refractivity contribution < 1.29 is 4.79 Å². The largest absolute Gasteiger partial charge is 0.355 e. The molecule has 4 rings (SSSR count). The lowest BCUT2D eigenvalue weighted by Crippen LogP contribution is -2.42. The van der Waals surface area contributed by atoms with Crippen LogP contribution >= 0.6 is 0 Å². The molecule has 4 heteroatoms. The lowest BCUT2D eigenvalue weighted by Gasteiger charge is -2.29. The van der Waals surface area contributed by atoms with Crippen LogP contribution in [0.4, 0.5) is 0 Å². The summed E-state index contributed by atoms with van der Waals surface area (Å²) < 4.78 is 0. The summed E-state index contributed by atoms with van der Waals surface area (Å²) in [5.74, 6) is 0.863. The lowest BCUT2D eigenvalue weighted by atomic mass is 10.0. The van der Waals surface area contributed by atoms with Gasteiger partial charge in [0.2, 0.25) is 0 Å². The number of fused-ring (bicyclic) bond motifs is 3. The molecule has 0 radical (unpaired) electrons. The number of nitrogens with zero attached hydrogens (tertiary/aromatic N) is 2. The van der Waals surface area contributed by atoms with E-state index < -0.39 is 0 Å². The third-order valence-electron chi connectivity index (χ3n) is 4.32. The molecule has 2 heterocycles. The molecular weight excluding hydrogens is 274 g/mol. The van der Waals surface area contributed by atoms with Crippen LogP contribution in [0.15, 0.2) is 65.6 Å². The van der Waals surface area contributed by atoms with Gasteiger partial charge in [0.15, 0.2) is 0 Å². The topological polar surface area (TPSA) is 44.7 Å². The van der Waals surface area contributed by atoms with Crippen molar-refractivity contribution in [3.8, 4) is 0 Å². The molecule has 1 aromatic carbocycles. The normalized spacial score (nSPS) is 25.3. The fraction of sp³-hybridized carbons (Fsp3) is 0.222. The molecular formula is C18H17N3O. The maximum Gasteiger partial charge on any atom is 0.256 e. The van der Waals surface area contributed by atoms with E-state index in [1.807, 2.05) is 41.3 Å². The van der Waals surface area contributed by atoms with Crippen molar-refractivity contribution in [3.05, 3.63) is 71.7 Å². The van der Waals surface area contributed by atoms with E-state index in [1.54, 1.807) is 6.20 Å². The second kappa shape index (κ2) is 4.98. The minimum absolute atomic E-state index is 0.0804. The van der Waals surface area contributed by atoms with Crippen LogP contribution in [0.2, 0.25) is 0 Å². The van der Waals surface area contributed by atoms with E-state index in [4.69, 9.17) is 0 Å². The molecule has 2 atom stereocenters. The van der Waals surface area contributed by atoms with Crippen molar-refractivity contribution in [2.45, 2.75) is 25.4 Å². The van der Waals surface area contributed by atoms with Crippen molar-refractivity contribution in [3.63, 3.8) is 0 Å². The molecule has 2 unspecified atom stereocenters. The molecule has 1 amide bonds. The van der Waals surface area contributed by atoms with Crippen LogP contribution in [0.5, 0.6) is 0 Å². The molecule has 110 valence electrons. The summed E-state index contributed by atoms with van der Waals surface area (Å²) in [5.41, 5.74) is 3.16. The zero-order valence-corrected chi connectivity index (χ0v) is 12.4. The SMILES string of the molecule is CCc1cccc(C2NC3=CN=C4C=CC=CC4N3C2=O)c1. The van der Waals surface area contributed by atoms with E-state index in [-0.39, 0.29) is 18.0 Å². The molecule has 1 N–H and O–H groups in total. The number of aryl methyl sites for hydroxylation is 1. The van der Waals surface area contributed by atoms with Crippen LogP contribution in [-0.4, -0.2) is 22.6 Å². The van der Waals surface area contributed by atoms with Gasteiger partial charge in [-0.2, -0.15) is 0 Å². The van der Waals surface area contributed by atoms with E-state index in [1.165, 1.54) is 5.56 Å². The fourth-order valence-electron chi connectivity index (χ4n) is 3.14. The Morgan fingerprint density at radius 3 is 3.09 bits per heavy atom. The monoisotopic (exact) mass is 291 g/mol. The average Bonchev–Trinajstić information content (AvgIpc) is 2.92. The quantitative estimate of drug-likeness (QED) is 0.909. The van der Waals surface area contributed by atoms with Gasteiger partial charge >= 0.3 is 0 Å². The standard InChI is InChI=1S/C18H17N3O/c1-2-12-6-5-7-13(10-12)17-18(22)21-15-9-4-3-8-14(15)19-11-16(21)20-17/h3-11,15,17,20H,2H2,1H3. The maximum atomic E-state index is 12.9. The molecule has 0 aromatic heterocycles. The summed E-state index contributed by atoms with van der Waals surface area (Å²) in [6, 6.07) is 7.79. The van der Waals surface area contributed by atoms with Crippen LogP contribution in [-0.2, 0) is 11.2 Å². The average molecular weight is 291 g/mol. The van der Waals surface area contributed by atoms with Crippen LogP contribution in [0.25, 0.3) is 0 Å². The van der Waals surface area contributed by atoms with Gasteiger partial charge in [0.05, 0.1) is 18.0 Å². The van der Waals surface area contributed by atoms with Crippen LogP contribution < -0.4 is 5.32 Å². The number of carbonyl (C=O) groups excluding carboxylic acids is 1. The Kier molecular flexibility index (Phi) is 2.96. The number of carbonyl (C=O) groups is 1. The number of allylic oxidation sites excluding steroid dienone is 2. The zero-order valence-electron chi connectivity index (χ0n) is 12.4. The number of aliphatic imine (C=N–C) groups is 1. The van der Waals surface area contributed by atoms with E-state index in [0.717, 1.165) is 23.5 Å². The molecule has 0 spiro atoms. The molecule has 1 aliphatic carbocycles. The minimum atomic E-state index is -0.327. The van der Waals surface area contributed by atoms with Gasteiger partial charge in [-0.25, -0.2) is 0 Å². The predicted octanol–water partition coefficient (Wildman–Crippen LogP) is 2.47. The third-order valence-corrected chi connectivity index (χ3v) is 4.32. The van der Waals surface area contributed by atoms with E-state index in [9.17, 15) is 4.79 Å². The third kappa shape index (κ3) is 1.91. The second-order valence-corrected chi connectivity index (χ2v) is 5.64. The first-order valence-electron chi connectivity index (χ1n) is 7.59. The summed E-state index contributed by atoms with van der Waals surface area (Å²) in [7, 11) is 0. The zero-order chi connectivity index (χ0) is 15.1. The molecule has 22 heavy (non-hydrogen) atoms. The molecule has 2 aliphatic heterocycles. The number of nitrogens with one attached hydrogen (secondary N) is 1. The second-order valence-electron chi connectivity index (χ2n) is 5.64. The Labute approximate surface area is 129 Å². The number of amides is 1. The lowest BCUT2D eigenvalue weighted by molar-refractivity contribution is -0.128. The van der Waals surface area contributed by atoms with Crippen molar-refractivity contribution >= 4 is 11.6 Å². The highest BCUT2D eigenvalue weighted by Gasteiger charge is 2.42. The summed E-state index contributed by atoms with van der Waals surface area (Å²) in [6.07, 6.45) is 10.6. The molecule has 0 bridgehead atoms. The van der Waals surface area contributed by atoms with Crippen LogP contribution in [0.3, 0.4) is 0 Å². The van der Waals surface area contributed by atoms with Gasteiger partial charge in [-0.3, -0.25) is 14.7 Å². The summed E-state index contributed by atoms with van der Waals surface area (Å²) in [6.45, 7) is 2.12. The molecule has 4 nitrogen and oxygen atoms in total. The van der Waals surface area contributed by atoms with Crippen molar-refractivity contribution in [2.24, 2.45) is 4.99 Å². The summed E-state index contributed by atoms with van der Waals surface area (Å²) in [5, 5.41) is 3.32. The van der Waals surface area contributed by atoms with E-state index in [2.05, 4.69) is 29.4 Å². The number of rotatable bonds is 2. The summed E-state index contributed by atoms with van der Waals surface area (Å²) in [4.78, 5) is 19.2. The first-order chi connectivity index (χ1) is 10.8. The van der Waals surface area contributed by atoms with E-state index in [0.29, 0.717) is 0 Å². The number of hydrogen-bond acceptors (Lipinski definition) is 3. The molecule has 1 aromatic rings. The van der Waals surface area contributed by atoms with Crippen LogP contribution in [0, 0.1) is 0 Å². The Morgan fingerprint density at radius 1 is 1.32 bits per heavy atom. The Bertz CT molecular complexity index is 757. The first kappa shape index (κ1) is 13.1. The van der Waals surface area contributed by atoms with Gasteiger partial charge < -0.3 is 5.32 Å². The molecule has 0 saturated carbocycles. The molecule has 1 fully saturated rings. The van der Waals surface area contributed by atoms with Gasteiger partial charge in [0, 0.05) is 0 Å². The first-order valence-corrected chi connectivity index (χ1v) is 7.59. The summed E-state index contributed by atoms with van der Waals surface area (Å²) >= 11 is 0.